The SMILES string of the molecule is COc1ccc(C[C@@H](C(=O)N[C@@H](C)C(=O)O)N(C)C(=O)[C@H](C)NC(=O)[C@@H](C)NC(=O)OC(C)(C)C)cc1. The van der Waals surface area contributed by atoms with Crippen LogP contribution in [0.5, 0.6) is 5.75 Å². The van der Waals surface area contributed by atoms with Crippen LogP contribution >= 0.6 is 0 Å². The Hall–Kier alpha value is -3.83. The van der Waals surface area contributed by atoms with E-state index in [9.17, 15) is 29.1 Å². The summed E-state index contributed by atoms with van der Waals surface area (Å²) in [7, 11) is 2.91. The molecule has 0 heterocycles. The number of nitrogens with zero attached hydrogens (tertiary/aromatic N) is 1. The fourth-order valence-electron chi connectivity index (χ4n) is 3.17. The molecular formula is C25H38N4O8. The Kier molecular flexibility index (Phi) is 11.4. The molecule has 0 radical (unpaired) electrons. The number of amides is 4. The minimum atomic E-state index is -1.22. The predicted molar refractivity (Wildman–Crippen MR) is 135 cm³/mol. The monoisotopic (exact) mass is 522 g/mol. The Morgan fingerprint density at radius 2 is 1.43 bits per heavy atom. The maximum absolute atomic E-state index is 13.1. The molecule has 0 saturated carbocycles. The molecule has 4 atom stereocenters. The maximum Gasteiger partial charge on any atom is 0.408 e. The van der Waals surface area contributed by atoms with Crippen molar-refractivity contribution in [2.75, 3.05) is 14.2 Å². The van der Waals surface area contributed by atoms with Crippen molar-refractivity contribution in [3.05, 3.63) is 29.8 Å². The maximum atomic E-state index is 13.1. The summed E-state index contributed by atoms with van der Waals surface area (Å²) in [6.45, 7) is 9.25. The molecule has 0 aliphatic carbocycles. The van der Waals surface area contributed by atoms with Gasteiger partial charge in [-0.25, -0.2) is 4.79 Å². The molecule has 1 rings (SSSR count). The molecule has 0 aliphatic heterocycles. The number of alkyl carbamates (subject to hydrolysis) is 1. The van der Waals surface area contributed by atoms with E-state index in [2.05, 4.69) is 16.0 Å². The molecule has 1 aromatic carbocycles. The Bertz CT molecular complexity index is 974. The van der Waals surface area contributed by atoms with Crippen molar-refractivity contribution in [2.24, 2.45) is 0 Å². The summed E-state index contributed by atoms with van der Waals surface area (Å²) in [5.41, 5.74) is -0.0421. The van der Waals surface area contributed by atoms with Crippen molar-refractivity contribution >= 4 is 29.8 Å². The second kappa shape index (κ2) is 13.5. The first-order valence-electron chi connectivity index (χ1n) is 11.8. The van der Waals surface area contributed by atoms with Crippen LogP contribution in [0.4, 0.5) is 4.79 Å². The molecule has 0 unspecified atom stereocenters. The fraction of sp³-hybridized carbons (Fsp3) is 0.560. The van der Waals surface area contributed by atoms with Crippen molar-refractivity contribution in [1.82, 2.24) is 20.9 Å². The van der Waals surface area contributed by atoms with E-state index in [-0.39, 0.29) is 6.42 Å². The van der Waals surface area contributed by atoms with Crippen molar-refractivity contribution in [3.8, 4) is 5.75 Å². The quantitative estimate of drug-likeness (QED) is 0.335. The Morgan fingerprint density at radius 1 is 0.892 bits per heavy atom. The summed E-state index contributed by atoms with van der Waals surface area (Å²) in [6, 6.07) is 2.57. The van der Waals surface area contributed by atoms with Crippen LogP contribution in [0.25, 0.3) is 0 Å². The molecule has 4 amide bonds. The van der Waals surface area contributed by atoms with Crippen LogP contribution in [-0.2, 0) is 30.3 Å². The Morgan fingerprint density at radius 3 is 1.92 bits per heavy atom. The third kappa shape index (κ3) is 10.4. The molecule has 0 bridgehead atoms. The number of hydrogen-bond acceptors (Lipinski definition) is 7. The molecule has 0 fully saturated rings. The van der Waals surface area contributed by atoms with Gasteiger partial charge in [0, 0.05) is 13.5 Å². The number of methoxy groups -OCH3 is 1. The van der Waals surface area contributed by atoms with Crippen LogP contribution in [0, 0.1) is 0 Å². The van der Waals surface area contributed by atoms with Gasteiger partial charge in [-0.15, -0.1) is 0 Å². The van der Waals surface area contributed by atoms with Gasteiger partial charge in [-0.1, -0.05) is 12.1 Å². The summed E-state index contributed by atoms with van der Waals surface area (Å²) in [5.74, 6) is -2.50. The number of carbonyl (C=O) groups excluding carboxylic acids is 4. The topological polar surface area (TPSA) is 163 Å². The summed E-state index contributed by atoms with van der Waals surface area (Å²) in [5, 5.41) is 16.5. The predicted octanol–water partition coefficient (Wildman–Crippen LogP) is 1.07. The smallest absolute Gasteiger partial charge is 0.408 e. The number of carbonyl (C=O) groups is 5. The van der Waals surface area contributed by atoms with Crippen LogP contribution in [0.2, 0.25) is 0 Å². The number of benzene rings is 1. The zero-order valence-electron chi connectivity index (χ0n) is 22.6. The van der Waals surface area contributed by atoms with Gasteiger partial charge < -0.3 is 35.4 Å². The lowest BCUT2D eigenvalue weighted by molar-refractivity contribution is -0.144. The average Bonchev–Trinajstić information content (AvgIpc) is 2.80. The van der Waals surface area contributed by atoms with Gasteiger partial charge in [0.1, 0.15) is 35.5 Å². The van der Waals surface area contributed by atoms with E-state index < -0.39 is 59.6 Å². The summed E-state index contributed by atoms with van der Waals surface area (Å²) in [4.78, 5) is 63.0. The number of hydrogen-bond donors (Lipinski definition) is 4. The van der Waals surface area contributed by atoms with Gasteiger partial charge in [-0.2, -0.15) is 0 Å². The molecule has 12 heteroatoms. The van der Waals surface area contributed by atoms with Crippen molar-refractivity contribution < 1.29 is 38.6 Å². The van der Waals surface area contributed by atoms with E-state index in [0.29, 0.717) is 11.3 Å². The zero-order chi connectivity index (χ0) is 28.5. The lowest BCUT2D eigenvalue weighted by Crippen LogP contribution is -2.57. The first-order chi connectivity index (χ1) is 17.0. The van der Waals surface area contributed by atoms with E-state index in [1.165, 1.54) is 34.9 Å². The van der Waals surface area contributed by atoms with Crippen LogP contribution in [0.1, 0.15) is 47.1 Å². The number of likely N-dealkylation sites (N-methyl/N-ethyl adjacent to an activating group) is 1. The van der Waals surface area contributed by atoms with Gasteiger partial charge in [0.25, 0.3) is 0 Å². The number of carboxylic acid groups (broad SMARTS) is 1. The van der Waals surface area contributed by atoms with Crippen LogP contribution in [0.3, 0.4) is 0 Å². The molecule has 12 nitrogen and oxygen atoms in total. The molecule has 0 saturated heterocycles. The van der Waals surface area contributed by atoms with Crippen molar-refractivity contribution in [3.63, 3.8) is 0 Å². The summed E-state index contributed by atoms with van der Waals surface area (Å²) < 4.78 is 10.3. The standard InChI is InChI=1S/C25H38N4O8/c1-14(28-24(35)37-25(4,5)6)20(30)26-15(2)22(32)29(7)19(21(31)27-16(3)23(33)34)13-17-9-11-18(36-8)12-10-17/h9-12,14-16,19H,13H2,1-8H3,(H,26,30)(H,27,31)(H,28,35)(H,33,34)/t14-,15+,16+,19+/m1/s1. The van der Waals surface area contributed by atoms with Crippen LogP contribution in [0.15, 0.2) is 24.3 Å². The van der Waals surface area contributed by atoms with E-state index in [4.69, 9.17) is 9.47 Å². The van der Waals surface area contributed by atoms with Crippen LogP contribution in [-0.4, -0.2) is 83.7 Å². The highest BCUT2D eigenvalue weighted by molar-refractivity contribution is 5.94. The molecule has 4 N–H and O–H groups in total. The minimum absolute atomic E-state index is 0.0850. The van der Waals surface area contributed by atoms with Gasteiger partial charge >= 0.3 is 12.1 Å². The zero-order valence-corrected chi connectivity index (χ0v) is 22.6. The normalized spacial score (nSPS) is 14.3. The lowest BCUT2D eigenvalue weighted by atomic mass is 10.0. The third-order valence-corrected chi connectivity index (χ3v) is 5.29. The molecule has 0 aliphatic rings. The van der Waals surface area contributed by atoms with E-state index >= 15 is 0 Å². The highest BCUT2D eigenvalue weighted by Crippen LogP contribution is 2.15. The second-order valence-corrected chi connectivity index (χ2v) is 9.68. The van der Waals surface area contributed by atoms with Crippen molar-refractivity contribution in [1.29, 1.82) is 0 Å². The first kappa shape index (κ1) is 31.2. The van der Waals surface area contributed by atoms with E-state index in [0.717, 1.165) is 4.90 Å². The summed E-state index contributed by atoms with van der Waals surface area (Å²) in [6.07, 6.45) is -0.697. The second-order valence-electron chi connectivity index (χ2n) is 9.68. The molecule has 1 aromatic rings. The van der Waals surface area contributed by atoms with E-state index in [1.807, 2.05) is 0 Å². The minimum Gasteiger partial charge on any atom is -0.497 e. The van der Waals surface area contributed by atoms with E-state index in [1.54, 1.807) is 45.0 Å². The Balaban J connectivity index is 2.98. The molecule has 0 spiro atoms. The van der Waals surface area contributed by atoms with Gasteiger partial charge in [0.05, 0.1) is 7.11 Å². The lowest BCUT2D eigenvalue weighted by Gasteiger charge is -2.31. The molecule has 206 valence electrons. The number of nitrogens with one attached hydrogen (secondary N) is 3. The summed E-state index contributed by atoms with van der Waals surface area (Å²) >= 11 is 0. The van der Waals surface area contributed by atoms with Gasteiger partial charge in [0.2, 0.25) is 17.7 Å². The van der Waals surface area contributed by atoms with Crippen molar-refractivity contribution in [2.45, 2.75) is 77.7 Å². The largest absolute Gasteiger partial charge is 0.497 e. The first-order valence-corrected chi connectivity index (χ1v) is 11.8. The molecular weight excluding hydrogens is 484 g/mol. The van der Waals surface area contributed by atoms with Gasteiger partial charge in [-0.3, -0.25) is 19.2 Å². The van der Waals surface area contributed by atoms with Gasteiger partial charge in [-0.05, 0) is 59.2 Å². The number of carboxylic acids is 1. The highest BCUT2D eigenvalue weighted by atomic mass is 16.6. The third-order valence-electron chi connectivity index (χ3n) is 5.29. The fourth-order valence-corrected chi connectivity index (χ4v) is 3.17. The highest BCUT2D eigenvalue weighted by Gasteiger charge is 2.32. The van der Waals surface area contributed by atoms with Gasteiger partial charge in [0.15, 0.2) is 0 Å². The average molecular weight is 523 g/mol. The molecule has 0 aromatic heterocycles. The number of ether oxygens (including phenoxy) is 2. The Labute approximate surface area is 217 Å². The van der Waals surface area contributed by atoms with Crippen LogP contribution < -0.4 is 20.7 Å². The molecule has 37 heavy (non-hydrogen) atoms. The number of aliphatic carboxylic acids is 1. The number of rotatable bonds is 11.